The van der Waals surface area contributed by atoms with Crippen molar-refractivity contribution in [3.8, 4) is 11.3 Å². The number of aliphatic hydroxyl groups excluding tert-OH is 1. The number of nitrogens with one attached hydrogen (secondary N) is 2. The predicted molar refractivity (Wildman–Crippen MR) is 87.9 cm³/mol. The molecule has 8 nitrogen and oxygen atoms in total. The molecule has 0 amide bonds. The first-order valence-corrected chi connectivity index (χ1v) is 7.15. The first-order chi connectivity index (χ1) is 11.2. The highest BCUT2D eigenvalue weighted by Gasteiger charge is 2.10. The largest absolute Gasteiger partial charge is 0.389 e. The number of aliphatic hydroxyl groups is 1. The molecule has 1 atom stereocenters. The highest BCUT2D eigenvalue weighted by molar-refractivity contribution is 5.92. The Morgan fingerprint density at radius 2 is 2.22 bits per heavy atom. The number of hydrogen-bond donors (Lipinski definition) is 4. The molecule has 23 heavy (non-hydrogen) atoms. The average Bonchev–Trinajstić information content (AvgIpc) is 3.06. The second-order valence-corrected chi connectivity index (χ2v) is 5.12. The Hall–Kier alpha value is -2.71. The third-order valence-electron chi connectivity index (χ3n) is 3.39. The molecule has 2 heterocycles. The summed E-state index contributed by atoms with van der Waals surface area (Å²) in [6.45, 7) is 0.553. The van der Waals surface area contributed by atoms with Crippen molar-refractivity contribution in [1.82, 2.24) is 20.2 Å². The predicted octanol–water partition coefficient (Wildman–Crippen LogP) is 1.02. The number of nitrogens with zero attached hydrogens (tertiary/aromatic N) is 3. The van der Waals surface area contributed by atoms with Crippen molar-refractivity contribution in [2.75, 3.05) is 31.3 Å². The quantitative estimate of drug-likeness (QED) is 0.536. The van der Waals surface area contributed by atoms with E-state index < -0.39 is 6.10 Å². The van der Waals surface area contributed by atoms with E-state index >= 15 is 0 Å². The second-order valence-electron chi connectivity index (χ2n) is 5.12. The lowest BCUT2D eigenvalue weighted by molar-refractivity contribution is 0.0727. The van der Waals surface area contributed by atoms with Gasteiger partial charge >= 0.3 is 0 Å². The van der Waals surface area contributed by atoms with Crippen molar-refractivity contribution in [2.45, 2.75) is 6.10 Å². The molecule has 1 aromatic carbocycles. The SMILES string of the molecule is COCC(O)CNc1nc(N)nc2cc(-c3ccn[nH]3)ccc12. The molecule has 3 rings (SSSR count). The van der Waals surface area contributed by atoms with Crippen molar-refractivity contribution in [2.24, 2.45) is 0 Å². The molecule has 8 heteroatoms. The zero-order valence-corrected chi connectivity index (χ0v) is 12.7. The molecular formula is C15H18N6O2. The summed E-state index contributed by atoms with van der Waals surface area (Å²) in [5, 5.41) is 20.5. The monoisotopic (exact) mass is 314 g/mol. The van der Waals surface area contributed by atoms with Gasteiger partial charge < -0.3 is 20.9 Å². The normalized spacial score (nSPS) is 12.4. The van der Waals surface area contributed by atoms with Gasteiger partial charge in [-0.3, -0.25) is 5.10 Å². The van der Waals surface area contributed by atoms with Crippen molar-refractivity contribution in [1.29, 1.82) is 0 Å². The molecule has 0 bridgehead atoms. The van der Waals surface area contributed by atoms with Crippen LogP contribution in [0, 0.1) is 0 Å². The molecule has 0 aliphatic heterocycles. The van der Waals surface area contributed by atoms with E-state index in [2.05, 4.69) is 25.5 Å². The van der Waals surface area contributed by atoms with Gasteiger partial charge in [0.15, 0.2) is 0 Å². The van der Waals surface area contributed by atoms with E-state index in [1.54, 1.807) is 6.20 Å². The van der Waals surface area contributed by atoms with Gasteiger partial charge in [0.2, 0.25) is 5.95 Å². The van der Waals surface area contributed by atoms with Gasteiger partial charge in [0.05, 0.1) is 23.9 Å². The van der Waals surface area contributed by atoms with Crippen LogP contribution in [-0.2, 0) is 4.74 Å². The lowest BCUT2D eigenvalue weighted by atomic mass is 10.1. The van der Waals surface area contributed by atoms with E-state index in [4.69, 9.17) is 10.5 Å². The summed E-state index contributed by atoms with van der Waals surface area (Å²) in [6, 6.07) is 7.66. The molecule has 0 fully saturated rings. The number of fused-ring (bicyclic) bond motifs is 1. The Balaban J connectivity index is 1.92. The average molecular weight is 314 g/mol. The van der Waals surface area contributed by atoms with Gasteiger partial charge in [-0.2, -0.15) is 10.1 Å². The Morgan fingerprint density at radius 1 is 1.35 bits per heavy atom. The zero-order valence-electron chi connectivity index (χ0n) is 12.7. The van der Waals surface area contributed by atoms with Crippen LogP contribution in [0.3, 0.4) is 0 Å². The maximum Gasteiger partial charge on any atom is 0.222 e. The first kappa shape index (κ1) is 15.2. The number of ether oxygens (including phenoxy) is 1. The smallest absolute Gasteiger partial charge is 0.222 e. The van der Waals surface area contributed by atoms with Crippen LogP contribution in [0.2, 0.25) is 0 Å². The van der Waals surface area contributed by atoms with Gasteiger partial charge in [-0.15, -0.1) is 0 Å². The fourth-order valence-electron chi connectivity index (χ4n) is 2.33. The number of anilines is 2. The maximum absolute atomic E-state index is 9.75. The summed E-state index contributed by atoms with van der Waals surface area (Å²) >= 11 is 0. The molecular weight excluding hydrogens is 296 g/mol. The minimum Gasteiger partial charge on any atom is -0.389 e. The summed E-state index contributed by atoms with van der Waals surface area (Å²) in [6.07, 6.45) is 1.06. The third kappa shape index (κ3) is 3.38. The molecule has 5 N–H and O–H groups in total. The van der Waals surface area contributed by atoms with Gasteiger partial charge in [0.25, 0.3) is 0 Å². The van der Waals surface area contributed by atoms with Gasteiger partial charge in [0.1, 0.15) is 5.82 Å². The Labute approximate surface area is 132 Å². The van der Waals surface area contributed by atoms with E-state index in [1.165, 1.54) is 7.11 Å². The van der Waals surface area contributed by atoms with E-state index in [1.807, 2.05) is 24.3 Å². The van der Waals surface area contributed by atoms with Crippen LogP contribution in [0.1, 0.15) is 0 Å². The Bertz CT molecular complexity index is 790. The number of methoxy groups -OCH3 is 1. The van der Waals surface area contributed by atoms with Crippen molar-refractivity contribution in [3.05, 3.63) is 30.5 Å². The third-order valence-corrected chi connectivity index (χ3v) is 3.39. The van der Waals surface area contributed by atoms with Crippen molar-refractivity contribution >= 4 is 22.7 Å². The summed E-state index contributed by atoms with van der Waals surface area (Å²) in [5.74, 6) is 0.752. The lowest BCUT2D eigenvalue weighted by Crippen LogP contribution is -2.24. The Morgan fingerprint density at radius 3 is 2.96 bits per heavy atom. The number of rotatable bonds is 6. The standard InChI is InChI=1S/C15H18N6O2/c1-23-8-10(22)7-17-14-11-3-2-9(12-4-5-18-21-12)6-13(11)19-15(16)20-14/h2-6,10,22H,7-8H2,1H3,(H,18,21)(H3,16,17,19,20). The molecule has 0 saturated heterocycles. The summed E-state index contributed by atoms with van der Waals surface area (Å²) in [4.78, 5) is 8.48. The summed E-state index contributed by atoms with van der Waals surface area (Å²) in [7, 11) is 1.54. The molecule has 120 valence electrons. The second kappa shape index (κ2) is 6.59. The van der Waals surface area contributed by atoms with Crippen LogP contribution >= 0.6 is 0 Å². The van der Waals surface area contributed by atoms with Crippen LogP contribution in [0.4, 0.5) is 11.8 Å². The van der Waals surface area contributed by atoms with E-state index in [-0.39, 0.29) is 12.6 Å². The number of nitrogen functional groups attached to an aromatic ring is 1. The topological polar surface area (TPSA) is 122 Å². The molecule has 0 radical (unpaired) electrons. The number of nitrogens with two attached hydrogens (primary N) is 1. The molecule has 2 aromatic heterocycles. The molecule has 3 aromatic rings. The van der Waals surface area contributed by atoms with Crippen LogP contribution in [0.25, 0.3) is 22.2 Å². The summed E-state index contributed by atoms with van der Waals surface area (Å²) in [5.41, 5.74) is 8.36. The highest BCUT2D eigenvalue weighted by atomic mass is 16.5. The van der Waals surface area contributed by atoms with Crippen LogP contribution < -0.4 is 11.1 Å². The number of aromatic nitrogens is 4. The number of H-pyrrole nitrogens is 1. The van der Waals surface area contributed by atoms with E-state index in [9.17, 15) is 5.11 Å². The maximum atomic E-state index is 9.75. The van der Waals surface area contributed by atoms with Crippen molar-refractivity contribution < 1.29 is 9.84 Å². The van der Waals surface area contributed by atoms with Crippen LogP contribution in [-0.4, -0.2) is 51.6 Å². The molecule has 0 saturated carbocycles. The first-order valence-electron chi connectivity index (χ1n) is 7.15. The zero-order chi connectivity index (χ0) is 16.2. The van der Waals surface area contributed by atoms with Gasteiger partial charge in [-0.25, -0.2) is 4.98 Å². The minimum atomic E-state index is -0.629. The lowest BCUT2D eigenvalue weighted by Gasteiger charge is -2.13. The van der Waals surface area contributed by atoms with Crippen LogP contribution in [0.5, 0.6) is 0 Å². The van der Waals surface area contributed by atoms with Gasteiger partial charge in [0, 0.05) is 30.8 Å². The van der Waals surface area contributed by atoms with Crippen molar-refractivity contribution in [3.63, 3.8) is 0 Å². The number of aromatic amines is 1. The van der Waals surface area contributed by atoms with Crippen LogP contribution in [0.15, 0.2) is 30.5 Å². The highest BCUT2D eigenvalue weighted by Crippen LogP contribution is 2.26. The van der Waals surface area contributed by atoms with E-state index in [0.29, 0.717) is 17.9 Å². The minimum absolute atomic E-state index is 0.169. The fourth-order valence-corrected chi connectivity index (χ4v) is 2.33. The molecule has 0 aliphatic carbocycles. The summed E-state index contributed by atoms with van der Waals surface area (Å²) < 4.78 is 4.90. The van der Waals surface area contributed by atoms with E-state index in [0.717, 1.165) is 16.6 Å². The number of benzene rings is 1. The Kier molecular flexibility index (Phi) is 4.35. The van der Waals surface area contributed by atoms with Gasteiger partial charge in [-0.1, -0.05) is 6.07 Å². The molecule has 1 unspecified atom stereocenters. The van der Waals surface area contributed by atoms with Gasteiger partial charge in [-0.05, 0) is 18.2 Å². The molecule has 0 spiro atoms. The number of hydrogen-bond acceptors (Lipinski definition) is 7. The fraction of sp³-hybridized carbons (Fsp3) is 0.267. The molecule has 0 aliphatic rings.